The molecule has 0 fully saturated rings. The predicted molar refractivity (Wildman–Crippen MR) is 149 cm³/mol. The van der Waals surface area contributed by atoms with Gasteiger partial charge in [0, 0.05) is 24.4 Å². The number of amides is 1. The fraction of sp³-hybridized carbons (Fsp3) is 0.345. The molecular formula is C29H35N5OS. The Labute approximate surface area is 218 Å². The van der Waals surface area contributed by atoms with Crippen molar-refractivity contribution in [1.29, 1.82) is 0 Å². The standard InChI is InChI=1S/C29H35N5OS/c1-19(2)26(33(17-9-16-30)29(35)24-14-12-20(3)13-15-24)27-31-28-25(21(4)32-36-28)22(5)34(27)18-23-10-7-6-8-11-23/h6-8,10-15,19,26H,5,9,16-18,30H2,1-4H3/t26-/m1/s1. The van der Waals surface area contributed by atoms with Gasteiger partial charge in [-0.3, -0.25) is 4.79 Å². The van der Waals surface area contributed by atoms with Crippen LogP contribution in [0.2, 0.25) is 0 Å². The molecular weight excluding hydrogens is 466 g/mol. The fourth-order valence-corrected chi connectivity index (χ4v) is 5.47. The molecule has 1 amide bonds. The second kappa shape index (κ2) is 11.2. The summed E-state index contributed by atoms with van der Waals surface area (Å²) in [6.07, 6.45) is 0.707. The van der Waals surface area contributed by atoms with Crippen LogP contribution in [0.3, 0.4) is 0 Å². The van der Waals surface area contributed by atoms with Crippen molar-refractivity contribution in [2.75, 3.05) is 13.1 Å². The van der Waals surface area contributed by atoms with Crippen LogP contribution in [0.4, 0.5) is 5.00 Å². The van der Waals surface area contributed by atoms with Gasteiger partial charge in [-0.15, -0.1) is 0 Å². The molecule has 0 spiro atoms. The summed E-state index contributed by atoms with van der Waals surface area (Å²) in [7, 11) is 0. The Bertz CT molecular complexity index is 1250. The molecule has 0 unspecified atom stereocenters. The van der Waals surface area contributed by atoms with E-state index >= 15 is 0 Å². The Kier molecular flexibility index (Phi) is 8.01. The number of fused-ring (bicyclic) bond motifs is 1. The van der Waals surface area contributed by atoms with E-state index in [2.05, 4.69) is 41.8 Å². The van der Waals surface area contributed by atoms with Crippen LogP contribution in [0, 0.1) is 19.8 Å². The number of aromatic nitrogens is 1. The summed E-state index contributed by atoms with van der Waals surface area (Å²) in [4.78, 5) is 23.2. The van der Waals surface area contributed by atoms with Gasteiger partial charge in [0.1, 0.15) is 10.8 Å². The minimum absolute atomic E-state index is 0.0126. The van der Waals surface area contributed by atoms with E-state index in [-0.39, 0.29) is 17.9 Å². The number of nitrogens with zero attached hydrogens (tertiary/aromatic N) is 4. The summed E-state index contributed by atoms with van der Waals surface area (Å²) in [5.74, 6) is 0.923. The van der Waals surface area contributed by atoms with Crippen molar-refractivity contribution in [3.05, 3.63) is 89.1 Å². The van der Waals surface area contributed by atoms with Crippen LogP contribution in [0.15, 0.2) is 66.2 Å². The third-order valence-electron chi connectivity index (χ3n) is 6.53. The first kappa shape index (κ1) is 25.8. The molecule has 0 saturated heterocycles. The van der Waals surface area contributed by atoms with Gasteiger partial charge in [-0.25, -0.2) is 4.99 Å². The van der Waals surface area contributed by atoms with Crippen LogP contribution in [-0.4, -0.2) is 45.0 Å². The highest BCUT2D eigenvalue weighted by Gasteiger charge is 2.38. The molecule has 2 aromatic carbocycles. The predicted octanol–water partition coefficient (Wildman–Crippen LogP) is 5.79. The molecule has 1 aliphatic rings. The highest BCUT2D eigenvalue weighted by Crippen LogP contribution is 2.41. The van der Waals surface area contributed by atoms with E-state index in [0.29, 0.717) is 31.6 Å². The van der Waals surface area contributed by atoms with Crippen molar-refractivity contribution in [1.82, 2.24) is 14.2 Å². The molecule has 3 aromatic rings. The Hall–Kier alpha value is -3.29. The first-order valence-corrected chi connectivity index (χ1v) is 13.2. The minimum atomic E-state index is -0.263. The summed E-state index contributed by atoms with van der Waals surface area (Å²) in [6.45, 7) is 14.4. The van der Waals surface area contributed by atoms with Gasteiger partial charge in [0.15, 0.2) is 0 Å². The molecule has 0 radical (unpaired) electrons. The number of amidine groups is 1. The van der Waals surface area contributed by atoms with Crippen LogP contribution >= 0.6 is 11.5 Å². The molecule has 7 heteroatoms. The van der Waals surface area contributed by atoms with E-state index in [9.17, 15) is 4.79 Å². The number of nitrogens with two attached hydrogens (primary N) is 1. The van der Waals surface area contributed by atoms with E-state index in [4.69, 9.17) is 10.7 Å². The van der Waals surface area contributed by atoms with Crippen molar-refractivity contribution in [3.8, 4) is 0 Å². The zero-order chi connectivity index (χ0) is 25.8. The van der Waals surface area contributed by atoms with E-state index in [1.54, 1.807) is 0 Å². The number of hydrogen-bond acceptors (Lipinski definition) is 6. The molecule has 1 aliphatic heterocycles. The first-order valence-electron chi connectivity index (χ1n) is 12.4. The van der Waals surface area contributed by atoms with Gasteiger partial charge >= 0.3 is 0 Å². The van der Waals surface area contributed by atoms with E-state index < -0.39 is 0 Å². The minimum Gasteiger partial charge on any atom is -0.330 e. The lowest BCUT2D eigenvalue weighted by atomic mass is 9.96. The Morgan fingerprint density at radius 3 is 2.44 bits per heavy atom. The molecule has 2 N–H and O–H groups in total. The number of benzene rings is 2. The maximum atomic E-state index is 13.9. The Morgan fingerprint density at radius 1 is 1.11 bits per heavy atom. The lowest BCUT2D eigenvalue weighted by Crippen LogP contribution is -2.54. The molecule has 0 bridgehead atoms. The fourth-order valence-electron chi connectivity index (χ4n) is 4.66. The van der Waals surface area contributed by atoms with Crippen LogP contribution in [0.25, 0.3) is 5.70 Å². The number of rotatable bonds is 9. The first-order chi connectivity index (χ1) is 17.3. The quantitative estimate of drug-likeness (QED) is 0.403. The molecule has 188 valence electrons. The van der Waals surface area contributed by atoms with Crippen LogP contribution in [0.1, 0.15) is 53.0 Å². The van der Waals surface area contributed by atoms with Gasteiger partial charge in [0.05, 0.1) is 17.3 Å². The second-order valence-electron chi connectivity index (χ2n) is 9.63. The zero-order valence-electron chi connectivity index (χ0n) is 21.6. The number of aryl methyl sites for hydroxylation is 2. The van der Waals surface area contributed by atoms with Gasteiger partial charge in [0.2, 0.25) is 0 Å². The molecule has 4 rings (SSSR count). The van der Waals surface area contributed by atoms with Crippen LogP contribution in [-0.2, 0) is 6.54 Å². The second-order valence-corrected chi connectivity index (χ2v) is 10.4. The average Bonchev–Trinajstić information content (AvgIpc) is 3.24. The largest absolute Gasteiger partial charge is 0.330 e. The van der Waals surface area contributed by atoms with Crippen molar-refractivity contribution in [3.63, 3.8) is 0 Å². The normalized spacial score (nSPS) is 14.0. The van der Waals surface area contributed by atoms with Gasteiger partial charge in [-0.05, 0) is 62.0 Å². The lowest BCUT2D eigenvalue weighted by Gasteiger charge is -2.42. The van der Waals surface area contributed by atoms with Crippen LogP contribution in [0.5, 0.6) is 0 Å². The summed E-state index contributed by atoms with van der Waals surface area (Å²) in [5, 5.41) is 0.851. The number of carbonyl (C=O) groups is 1. The molecule has 6 nitrogen and oxygen atoms in total. The Balaban J connectivity index is 1.82. The smallest absolute Gasteiger partial charge is 0.254 e. The maximum Gasteiger partial charge on any atom is 0.254 e. The molecule has 36 heavy (non-hydrogen) atoms. The number of aliphatic imine (C=N–C) groups is 1. The zero-order valence-corrected chi connectivity index (χ0v) is 22.4. The van der Waals surface area contributed by atoms with Gasteiger partial charge < -0.3 is 15.5 Å². The van der Waals surface area contributed by atoms with Crippen molar-refractivity contribution < 1.29 is 4.79 Å². The monoisotopic (exact) mass is 501 g/mol. The van der Waals surface area contributed by atoms with Crippen molar-refractivity contribution in [2.24, 2.45) is 16.6 Å². The summed E-state index contributed by atoms with van der Waals surface area (Å²) < 4.78 is 4.56. The van der Waals surface area contributed by atoms with Gasteiger partial charge in [-0.2, -0.15) is 4.37 Å². The SMILES string of the molecule is C=C1c2c(C)nsc2N=C([C@@H](C(C)C)N(CCCN)C(=O)c2ccc(C)cc2)N1Cc1ccccc1. The highest BCUT2D eigenvalue weighted by molar-refractivity contribution is 7.10. The van der Waals surface area contributed by atoms with E-state index in [1.807, 2.05) is 61.2 Å². The van der Waals surface area contributed by atoms with Crippen molar-refractivity contribution in [2.45, 2.75) is 46.7 Å². The third kappa shape index (κ3) is 5.27. The van der Waals surface area contributed by atoms with Crippen molar-refractivity contribution >= 4 is 34.0 Å². The summed E-state index contributed by atoms with van der Waals surface area (Å²) in [6, 6.07) is 17.8. The maximum absolute atomic E-state index is 13.9. The summed E-state index contributed by atoms with van der Waals surface area (Å²) in [5.41, 5.74) is 11.6. The molecule has 1 aromatic heterocycles. The highest BCUT2D eigenvalue weighted by atomic mass is 32.1. The number of carbonyl (C=O) groups excluding carboxylic acids is 1. The number of hydrogen-bond donors (Lipinski definition) is 1. The van der Waals surface area contributed by atoms with Crippen LogP contribution < -0.4 is 5.73 Å². The molecule has 2 heterocycles. The van der Waals surface area contributed by atoms with E-state index in [0.717, 1.165) is 38.9 Å². The topological polar surface area (TPSA) is 74.8 Å². The van der Waals surface area contributed by atoms with Gasteiger partial charge in [-0.1, -0.05) is 68.5 Å². The van der Waals surface area contributed by atoms with E-state index in [1.165, 1.54) is 11.5 Å². The average molecular weight is 502 g/mol. The third-order valence-corrected chi connectivity index (χ3v) is 7.36. The summed E-state index contributed by atoms with van der Waals surface area (Å²) >= 11 is 1.38. The Morgan fingerprint density at radius 2 is 1.81 bits per heavy atom. The van der Waals surface area contributed by atoms with Gasteiger partial charge in [0.25, 0.3) is 5.91 Å². The molecule has 0 saturated carbocycles. The molecule has 0 aliphatic carbocycles. The molecule has 1 atom stereocenters. The lowest BCUT2D eigenvalue weighted by molar-refractivity contribution is 0.0683.